The number of aliphatic carboxylic acids is 1. The van der Waals surface area contributed by atoms with E-state index in [1.54, 1.807) is 7.11 Å². The molecule has 6 heteroatoms. The molecule has 0 saturated carbocycles. The zero-order valence-electron chi connectivity index (χ0n) is 15.0. The molecule has 1 unspecified atom stereocenters. The Kier molecular flexibility index (Phi) is 6.52. The Bertz CT molecular complexity index is 711. The number of benzene rings is 1. The fourth-order valence-corrected chi connectivity index (χ4v) is 4.11. The Morgan fingerprint density at radius 3 is 2.73 bits per heavy atom. The van der Waals surface area contributed by atoms with Crippen LogP contribution >= 0.6 is 11.3 Å². The smallest absolute Gasteiger partial charge is 0.312 e. The van der Waals surface area contributed by atoms with Gasteiger partial charge in [-0.2, -0.15) is 0 Å². The highest BCUT2D eigenvalue weighted by Gasteiger charge is 2.22. The molecule has 1 saturated heterocycles. The van der Waals surface area contributed by atoms with Gasteiger partial charge in [-0.3, -0.25) is 9.69 Å². The van der Waals surface area contributed by atoms with Gasteiger partial charge in [0.15, 0.2) is 11.5 Å². The molecule has 5 nitrogen and oxygen atoms in total. The molecule has 0 aliphatic carbocycles. The van der Waals surface area contributed by atoms with Crippen LogP contribution in [0.25, 0.3) is 0 Å². The number of methoxy groups -OCH3 is 1. The molecule has 1 aromatic heterocycles. The van der Waals surface area contributed by atoms with E-state index in [1.807, 2.05) is 35.7 Å². The Balaban J connectivity index is 1.68. The lowest BCUT2D eigenvalue weighted by Crippen LogP contribution is -2.25. The monoisotopic (exact) mass is 375 g/mol. The van der Waals surface area contributed by atoms with E-state index in [0.29, 0.717) is 24.5 Å². The Morgan fingerprint density at radius 2 is 2.08 bits per heavy atom. The minimum atomic E-state index is -0.806. The van der Waals surface area contributed by atoms with Crippen molar-refractivity contribution in [3.05, 3.63) is 46.2 Å². The molecule has 1 fully saturated rings. The molecule has 1 aromatic carbocycles. The molecule has 2 aromatic rings. The zero-order chi connectivity index (χ0) is 18.4. The number of carboxylic acid groups (broad SMARTS) is 1. The van der Waals surface area contributed by atoms with Gasteiger partial charge in [0.2, 0.25) is 0 Å². The number of hydrogen-bond acceptors (Lipinski definition) is 5. The quantitative estimate of drug-likeness (QED) is 0.725. The van der Waals surface area contributed by atoms with Gasteiger partial charge in [0, 0.05) is 11.4 Å². The molecular weight excluding hydrogens is 350 g/mol. The topological polar surface area (TPSA) is 59.0 Å². The number of rotatable bonds is 9. The van der Waals surface area contributed by atoms with Crippen LogP contribution in [-0.4, -0.2) is 49.3 Å². The second-order valence-corrected chi connectivity index (χ2v) is 7.47. The minimum absolute atomic E-state index is 0.433. The summed E-state index contributed by atoms with van der Waals surface area (Å²) in [4.78, 5) is 14.9. The second-order valence-electron chi connectivity index (χ2n) is 6.49. The van der Waals surface area contributed by atoms with Gasteiger partial charge in [0.25, 0.3) is 0 Å². The average molecular weight is 375 g/mol. The Hall–Kier alpha value is -2.05. The largest absolute Gasteiger partial charge is 0.493 e. The second kappa shape index (κ2) is 9.05. The first-order valence-corrected chi connectivity index (χ1v) is 9.83. The summed E-state index contributed by atoms with van der Waals surface area (Å²) in [6, 6.07) is 9.44. The summed E-state index contributed by atoms with van der Waals surface area (Å²) in [5.41, 5.74) is 0.933. The summed E-state index contributed by atoms with van der Waals surface area (Å²) in [5.74, 6) is 0.0123. The Morgan fingerprint density at radius 1 is 1.27 bits per heavy atom. The van der Waals surface area contributed by atoms with E-state index >= 15 is 0 Å². The normalized spacial score (nSPS) is 15.7. The molecule has 0 amide bonds. The number of likely N-dealkylation sites (tertiary alicyclic amines) is 1. The van der Waals surface area contributed by atoms with Crippen LogP contribution in [-0.2, 0) is 11.2 Å². The molecule has 140 valence electrons. The predicted octanol–water partition coefficient (Wildman–Crippen LogP) is 3.64. The van der Waals surface area contributed by atoms with Crippen molar-refractivity contribution in [3.8, 4) is 11.5 Å². The third-order valence-electron chi connectivity index (χ3n) is 4.72. The predicted molar refractivity (Wildman–Crippen MR) is 103 cm³/mol. The summed E-state index contributed by atoms with van der Waals surface area (Å²) in [5, 5.41) is 11.5. The van der Waals surface area contributed by atoms with Crippen molar-refractivity contribution in [2.24, 2.45) is 0 Å². The lowest BCUT2D eigenvalue weighted by Gasteiger charge is -2.17. The standard InChI is InChI=1S/C20H25NO4S/c1-24-17-7-6-15(13-16(20(22)23)19-5-4-12-26-19)14-18(17)25-11-10-21-8-2-3-9-21/h4-7,12,14,16H,2-3,8-11,13H2,1H3,(H,22,23). The molecule has 26 heavy (non-hydrogen) atoms. The van der Waals surface area contributed by atoms with Crippen molar-refractivity contribution < 1.29 is 19.4 Å². The zero-order valence-corrected chi connectivity index (χ0v) is 15.8. The van der Waals surface area contributed by atoms with Crippen LogP contribution in [0, 0.1) is 0 Å². The summed E-state index contributed by atoms with van der Waals surface area (Å²) in [6.45, 7) is 3.79. The third-order valence-corrected chi connectivity index (χ3v) is 5.70. The summed E-state index contributed by atoms with van der Waals surface area (Å²) < 4.78 is 11.3. The van der Waals surface area contributed by atoms with Gasteiger partial charge in [0.05, 0.1) is 13.0 Å². The first-order valence-electron chi connectivity index (χ1n) is 8.95. The summed E-state index contributed by atoms with van der Waals surface area (Å²) >= 11 is 1.48. The molecule has 0 spiro atoms. The van der Waals surface area contributed by atoms with E-state index in [4.69, 9.17) is 9.47 Å². The first kappa shape index (κ1) is 18.7. The molecule has 1 aliphatic heterocycles. The first-order chi connectivity index (χ1) is 12.7. The van der Waals surface area contributed by atoms with Crippen LogP contribution < -0.4 is 9.47 Å². The van der Waals surface area contributed by atoms with Crippen molar-refractivity contribution in [3.63, 3.8) is 0 Å². The highest BCUT2D eigenvalue weighted by molar-refractivity contribution is 7.10. The Labute approximate surface area is 158 Å². The van der Waals surface area contributed by atoms with Gasteiger partial charge >= 0.3 is 5.97 Å². The molecule has 1 aliphatic rings. The number of ether oxygens (including phenoxy) is 2. The van der Waals surface area contributed by atoms with Gasteiger partial charge in [0.1, 0.15) is 6.61 Å². The van der Waals surface area contributed by atoms with Gasteiger partial charge < -0.3 is 14.6 Å². The fourth-order valence-electron chi connectivity index (χ4n) is 3.29. The van der Waals surface area contributed by atoms with Crippen molar-refractivity contribution in [1.82, 2.24) is 4.90 Å². The number of nitrogens with zero attached hydrogens (tertiary/aromatic N) is 1. The number of thiophene rings is 1. The van der Waals surface area contributed by atoms with E-state index in [2.05, 4.69) is 4.90 Å². The lowest BCUT2D eigenvalue weighted by atomic mass is 9.97. The average Bonchev–Trinajstić information content (AvgIpc) is 3.33. The molecule has 0 bridgehead atoms. The van der Waals surface area contributed by atoms with Gasteiger partial charge in [-0.15, -0.1) is 11.3 Å². The maximum absolute atomic E-state index is 11.7. The van der Waals surface area contributed by atoms with E-state index in [0.717, 1.165) is 30.1 Å². The molecule has 2 heterocycles. The molecular formula is C20H25NO4S. The van der Waals surface area contributed by atoms with Gasteiger partial charge in [-0.1, -0.05) is 12.1 Å². The SMILES string of the molecule is COc1ccc(CC(C(=O)O)c2cccs2)cc1OCCN1CCCC1. The van der Waals surface area contributed by atoms with Crippen LogP contribution in [0.3, 0.4) is 0 Å². The maximum atomic E-state index is 11.7. The fraction of sp³-hybridized carbons (Fsp3) is 0.450. The van der Waals surface area contributed by atoms with Crippen LogP contribution in [0.5, 0.6) is 11.5 Å². The maximum Gasteiger partial charge on any atom is 0.312 e. The lowest BCUT2D eigenvalue weighted by molar-refractivity contribution is -0.138. The van der Waals surface area contributed by atoms with Crippen molar-refractivity contribution in [2.75, 3.05) is 33.4 Å². The number of carboxylic acids is 1. The van der Waals surface area contributed by atoms with E-state index in [1.165, 1.54) is 24.2 Å². The van der Waals surface area contributed by atoms with Crippen molar-refractivity contribution in [2.45, 2.75) is 25.2 Å². The van der Waals surface area contributed by atoms with Crippen LogP contribution in [0.1, 0.15) is 29.2 Å². The third kappa shape index (κ3) is 4.77. The summed E-state index contributed by atoms with van der Waals surface area (Å²) in [6.07, 6.45) is 2.96. The highest BCUT2D eigenvalue weighted by atomic mass is 32.1. The number of carbonyl (C=O) groups is 1. The highest BCUT2D eigenvalue weighted by Crippen LogP contribution is 2.31. The van der Waals surface area contributed by atoms with Crippen LogP contribution in [0.4, 0.5) is 0 Å². The van der Waals surface area contributed by atoms with Crippen LogP contribution in [0.2, 0.25) is 0 Å². The van der Waals surface area contributed by atoms with E-state index in [9.17, 15) is 9.90 Å². The van der Waals surface area contributed by atoms with Crippen molar-refractivity contribution >= 4 is 17.3 Å². The minimum Gasteiger partial charge on any atom is -0.493 e. The van der Waals surface area contributed by atoms with Gasteiger partial charge in [-0.05, 0) is 61.5 Å². The van der Waals surface area contributed by atoms with E-state index < -0.39 is 11.9 Å². The molecule has 0 radical (unpaired) electrons. The van der Waals surface area contributed by atoms with Gasteiger partial charge in [-0.25, -0.2) is 0 Å². The number of hydrogen-bond donors (Lipinski definition) is 1. The van der Waals surface area contributed by atoms with Crippen LogP contribution in [0.15, 0.2) is 35.7 Å². The van der Waals surface area contributed by atoms with Crippen molar-refractivity contribution in [1.29, 1.82) is 0 Å². The molecule has 3 rings (SSSR count). The molecule has 1 N–H and O–H groups in total. The molecule has 1 atom stereocenters. The summed E-state index contributed by atoms with van der Waals surface area (Å²) in [7, 11) is 1.62. The van der Waals surface area contributed by atoms with E-state index in [-0.39, 0.29) is 0 Å².